The second-order valence-electron chi connectivity index (χ2n) is 5.99. The zero-order valence-corrected chi connectivity index (χ0v) is 13.0. The number of hydrogen-bond acceptors (Lipinski definition) is 2. The van der Waals surface area contributed by atoms with Crippen LogP contribution in [-0.4, -0.2) is 17.6 Å². The van der Waals surface area contributed by atoms with Gasteiger partial charge in [0.15, 0.2) is 0 Å². The van der Waals surface area contributed by atoms with Gasteiger partial charge in [-0.05, 0) is 42.4 Å². The van der Waals surface area contributed by atoms with Crippen molar-refractivity contribution in [2.75, 3.05) is 6.54 Å². The molecule has 1 saturated heterocycles. The molecular weight excluding hydrogens is 318 g/mol. The molecule has 0 radical (unpaired) electrons. The van der Waals surface area contributed by atoms with Gasteiger partial charge in [0.1, 0.15) is 0 Å². The van der Waals surface area contributed by atoms with Crippen molar-refractivity contribution < 1.29 is 9.90 Å². The zero-order chi connectivity index (χ0) is 14.1. The van der Waals surface area contributed by atoms with E-state index in [0.717, 1.165) is 0 Å². The third-order valence-electron chi connectivity index (χ3n) is 4.70. The topological polar surface area (TPSA) is 49.3 Å². The summed E-state index contributed by atoms with van der Waals surface area (Å²) in [5, 5.41) is 12.4. The highest BCUT2D eigenvalue weighted by molar-refractivity contribution is 9.10. The molecule has 2 aliphatic rings. The van der Waals surface area contributed by atoms with Gasteiger partial charge in [0.2, 0.25) is 0 Å². The van der Waals surface area contributed by atoms with Gasteiger partial charge in [-0.2, -0.15) is 0 Å². The van der Waals surface area contributed by atoms with E-state index in [1.165, 1.54) is 41.3 Å². The Morgan fingerprint density at radius 3 is 2.65 bits per heavy atom. The minimum Gasteiger partial charge on any atom is -0.481 e. The van der Waals surface area contributed by atoms with Crippen molar-refractivity contribution in [1.29, 1.82) is 0 Å². The van der Waals surface area contributed by atoms with Crippen molar-refractivity contribution in [3.05, 3.63) is 33.8 Å². The van der Waals surface area contributed by atoms with E-state index in [-0.39, 0.29) is 12.0 Å². The normalized spacial score (nSPS) is 27.1. The molecule has 1 aromatic rings. The largest absolute Gasteiger partial charge is 0.481 e. The Morgan fingerprint density at radius 2 is 2.05 bits per heavy atom. The quantitative estimate of drug-likeness (QED) is 0.880. The van der Waals surface area contributed by atoms with E-state index < -0.39 is 5.97 Å². The van der Waals surface area contributed by atoms with Gasteiger partial charge in [-0.15, -0.1) is 0 Å². The van der Waals surface area contributed by atoms with E-state index in [0.29, 0.717) is 18.9 Å². The molecule has 2 unspecified atom stereocenters. The van der Waals surface area contributed by atoms with Crippen LogP contribution in [0.4, 0.5) is 0 Å². The number of carbonyl (C=O) groups is 1. The number of carboxylic acids is 1. The Morgan fingerprint density at radius 1 is 1.30 bits per heavy atom. The first-order valence-corrected chi connectivity index (χ1v) is 8.20. The summed E-state index contributed by atoms with van der Waals surface area (Å²) in [5.41, 5.74) is 2.61. The Bertz CT molecular complexity index is 511. The lowest BCUT2D eigenvalue weighted by Gasteiger charge is -2.16. The summed E-state index contributed by atoms with van der Waals surface area (Å²) < 4.78 is 1.18. The average Bonchev–Trinajstić information content (AvgIpc) is 3.10. The maximum absolute atomic E-state index is 11.0. The van der Waals surface area contributed by atoms with Crippen LogP contribution in [0.25, 0.3) is 0 Å². The number of hydrogen-bond donors (Lipinski definition) is 2. The Kier molecular flexibility index (Phi) is 4.13. The van der Waals surface area contributed by atoms with Crippen molar-refractivity contribution >= 4 is 21.9 Å². The Balaban J connectivity index is 1.75. The molecule has 0 bridgehead atoms. The first-order chi connectivity index (χ1) is 9.65. The number of aliphatic carboxylic acids is 1. The number of benzene rings is 1. The van der Waals surface area contributed by atoms with E-state index in [2.05, 4.69) is 39.4 Å². The molecule has 2 fully saturated rings. The molecule has 3 nitrogen and oxygen atoms in total. The number of halogens is 1. The first kappa shape index (κ1) is 14.1. The highest BCUT2D eigenvalue weighted by atomic mass is 79.9. The van der Waals surface area contributed by atoms with Crippen LogP contribution in [0.15, 0.2) is 22.7 Å². The smallest absolute Gasteiger partial charge is 0.307 e. The molecule has 1 aromatic carbocycles. The van der Waals surface area contributed by atoms with Gasteiger partial charge >= 0.3 is 5.97 Å². The number of carboxylic acid groups (broad SMARTS) is 1. The van der Waals surface area contributed by atoms with E-state index in [1.54, 1.807) is 0 Å². The van der Waals surface area contributed by atoms with Crippen LogP contribution in [0.1, 0.15) is 55.2 Å². The summed E-state index contributed by atoms with van der Waals surface area (Å²) >= 11 is 3.70. The van der Waals surface area contributed by atoms with E-state index in [1.807, 2.05) is 0 Å². The monoisotopic (exact) mass is 337 g/mol. The molecule has 1 heterocycles. The maximum atomic E-state index is 11.0. The Labute approximate surface area is 127 Å². The summed E-state index contributed by atoms with van der Waals surface area (Å²) in [7, 11) is 0. The van der Waals surface area contributed by atoms with Gasteiger partial charge in [0, 0.05) is 17.1 Å². The summed E-state index contributed by atoms with van der Waals surface area (Å²) in [6, 6.07) is 6.74. The lowest BCUT2D eigenvalue weighted by Crippen LogP contribution is -2.17. The van der Waals surface area contributed by atoms with Crippen LogP contribution >= 0.6 is 15.9 Å². The van der Waals surface area contributed by atoms with Crippen LogP contribution in [0.3, 0.4) is 0 Å². The lowest BCUT2D eigenvalue weighted by molar-refractivity contribution is -0.141. The minimum absolute atomic E-state index is 0.171. The Hall–Kier alpha value is -0.870. The highest BCUT2D eigenvalue weighted by Gasteiger charge is 2.30. The molecule has 0 spiro atoms. The van der Waals surface area contributed by atoms with Crippen LogP contribution in [-0.2, 0) is 4.79 Å². The van der Waals surface area contributed by atoms with Crippen molar-refractivity contribution in [3.8, 4) is 0 Å². The van der Waals surface area contributed by atoms with Crippen LogP contribution in [0, 0.1) is 5.92 Å². The maximum Gasteiger partial charge on any atom is 0.307 e. The van der Waals surface area contributed by atoms with Gasteiger partial charge in [0.05, 0.1) is 5.92 Å². The molecule has 0 aromatic heterocycles. The van der Waals surface area contributed by atoms with Gasteiger partial charge < -0.3 is 10.4 Å². The summed E-state index contributed by atoms with van der Waals surface area (Å²) in [4.78, 5) is 11.0. The zero-order valence-electron chi connectivity index (χ0n) is 11.4. The van der Waals surface area contributed by atoms with Crippen molar-refractivity contribution in [2.24, 2.45) is 5.92 Å². The van der Waals surface area contributed by atoms with E-state index >= 15 is 0 Å². The number of nitrogens with one attached hydrogen (secondary N) is 1. The number of rotatable bonds is 3. The predicted octanol–water partition coefficient (Wildman–Crippen LogP) is 3.84. The second kappa shape index (κ2) is 5.86. The van der Waals surface area contributed by atoms with Crippen LogP contribution < -0.4 is 5.32 Å². The molecule has 1 aliphatic carbocycles. The molecule has 2 atom stereocenters. The molecule has 0 amide bonds. The summed E-state index contributed by atoms with van der Waals surface area (Å²) in [5.74, 6) is -0.253. The van der Waals surface area contributed by atoms with Crippen molar-refractivity contribution in [3.63, 3.8) is 0 Å². The van der Waals surface area contributed by atoms with Gasteiger partial charge in [-0.25, -0.2) is 0 Å². The second-order valence-corrected chi connectivity index (χ2v) is 6.85. The van der Waals surface area contributed by atoms with Crippen LogP contribution in [0.2, 0.25) is 0 Å². The SMILES string of the molecule is O=C(O)C1CNC(c2ccc(C3CCCC3)c(Br)c2)C1. The standard InChI is InChI=1S/C16H20BrNO2/c17-14-7-11(15-8-12(9-18-15)16(19)20)5-6-13(14)10-3-1-2-4-10/h5-7,10,12,15,18H,1-4,8-9H2,(H,19,20). The van der Waals surface area contributed by atoms with Gasteiger partial charge in [-0.1, -0.05) is 40.9 Å². The molecule has 108 valence electrons. The molecular formula is C16H20BrNO2. The minimum atomic E-state index is -0.693. The van der Waals surface area contributed by atoms with Crippen LogP contribution in [0.5, 0.6) is 0 Å². The van der Waals surface area contributed by atoms with Gasteiger partial charge in [-0.3, -0.25) is 4.79 Å². The fourth-order valence-corrected chi connectivity index (χ4v) is 4.23. The third kappa shape index (κ3) is 2.77. The molecule has 1 aliphatic heterocycles. The molecule has 20 heavy (non-hydrogen) atoms. The fraction of sp³-hybridized carbons (Fsp3) is 0.562. The first-order valence-electron chi connectivity index (χ1n) is 7.40. The summed E-state index contributed by atoms with van der Waals surface area (Å²) in [6.07, 6.45) is 5.94. The van der Waals surface area contributed by atoms with E-state index in [4.69, 9.17) is 5.11 Å². The fourth-order valence-electron chi connectivity index (χ4n) is 3.51. The molecule has 1 saturated carbocycles. The third-order valence-corrected chi connectivity index (χ3v) is 5.39. The summed E-state index contributed by atoms with van der Waals surface area (Å²) in [6.45, 7) is 0.571. The van der Waals surface area contributed by atoms with Crippen molar-refractivity contribution in [1.82, 2.24) is 5.32 Å². The van der Waals surface area contributed by atoms with Crippen molar-refractivity contribution in [2.45, 2.75) is 44.1 Å². The predicted molar refractivity (Wildman–Crippen MR) is 81.8 cm³/mol. The van der Waals surface area contributed by atoms with E-state index in [9.17, 15) is 4.79 Å². The lowest BCUT2D eigenvalue weighted by atomic mass is 9.94. The average molecular weight is 338 g/mol. The highest BCUT2D eigenvalue weighted by Crippen LogP contribution is 2.39. The molecule has 4 heteroatoms. The molecule has 3 rings (SSSR count). The van der Waals surface area contributed by atoms with Gasteiger partial charge in [0.25, 0.3) is 0 Å². The molecule has 2 N–H and O–H groups in total.